The van der Waals surface area contributed by atoms with Crippen LogP contribution in [0, 0.1) is 0 Å². The van der Waals surface area contributed by atoms with Crippen LogP contribution in [0.2, 0.25) is 0 Å². The fourth-order valence-corrected chi connectivity index (χ4v) is 3.40. The van der Waals surface area contributed by atoms with Gasteiger partial charge in [-0.15, -0.1) is 0 Å². The van der Waals surface area contributed by atoms with Crippen LogP contribution in [0.1, 0.15) is 32.1 Å². The highest BCUT2D eigenvalue weighted by Gasteiger charge is 2.36. The summed E-state index contributed by atoms with van der Waals surface area (Å²) in [5.41, 5.74) is 0. The van der Waals surface area contributed by atoms with E-state index >= 15 is 0 Å². The number of allylic oxidation sites excluding steroid dienone is 2. The average molecular weight is 279 g/mol. The van der Waals surface area contributed by atoms with E-state index in [2.05, 4.69) is 11.0 Å². The molecule has 0 aromatic heterocycles. The molecule has 0 amide bonds. The molecule has 3 atom stereocenters. The summed E-state index contributed by atoms with van der Waals surface area (Å²) in [5, 5.41) is 9.74. The third kappa shape index (κ3) is 3.25. The molecule has 1 heterocycles. The van der Waals surface area contributed by atoms with E-state index in [-0.39, 0.29) is 12.2 Å². The van der Waals surface area contributed by atoms with Crippen molar-refractivity contribution in [2.24, 2.45) is 0 Å². The minimum absolute atomic E-state index is 0.0950. The van der Waals surface area contributed by atoms with Crippen molar-refractivity contribution in [3.8, 4) is 0 Å². The van der Waals surface area contributed by atoms with Crippen molar-refractivity contribution in [2.45, 2.75) is 56.5 Å². The highest BCUT2D eigenvalue weighted by atomic mass is 16.5. The molecule has 1 saturated carbocycles. The Morgan fingerprint density at radius 2 is 2.15 bits per heavy atom. The van der Waals surface area contributed by atoms with E-state index in [1.54, 1.807) is 7.11 Å². The van der Waals surface area contributed by atoms with Gasteiger partial charge < -0.3 is 14.6 Å². The van der Waals surface area contributed by atoms with E-state index in [0.29, 0.717) is 12.1 Å². The summed E-state index contributed by atoms with van der Waals surface area (Å²) in [4.78, 5) is 2.46. The van der Waals surface area contributed by atoms with Gasteiger partial charge in [0.1, 0.15) is 6.10 Å². The summed E-state index contributed by atoms with van der Waals surface area (Å²) < 4.78 is 11.4. The van der Waals surface area contributed by atoms with Gasteiger partial charge in [0.15, 0.2) is 0 Å². The monoisotopic (exact) mass is 279 g/mol. The smallest absolute Gasteiger partial charge is 0.123 e. The van der Waals surface area contributed by atoms with Crippen molar-refractivity contribution < 1.29 is 14.6 Å². The third-order valence-corrected chi connectivity index (χ3v) is 4.64. The number of likely N-dealkylation sites (tertiary alicyclic amines) is 1. The van der Waals surface area contributed by atoms with Gasteiger partial charge in [-0.05, 0) is 31.8 Å². The fourth-order valence-electron chi connectivity index (χ4n) is 3.40. The van der Waals surface area contributed by atoms with Gasteiger partial charge in [0.25, 0.3) is 0 Å². The molecule has 2 aliphatic carbocycles. The Labute approximate surface area is 121 Å². The average Bonchev–Trinajstić information content (AvgIpc) is 2.42. The van der Waals surface area contributed by atoms with Gasteiger partial charge in [-0.1, -0.05) is 12.2 Å². The molecule has 0 bridgehead atoms. The van der Waals surface area contributed by atoms with E-state index in [4.69, 9.17) is 9.47 Å². The lowest BCUT2D eigenvalue weighted by atomic mass is 9.90. The van der Waals surface area contributed by atoms with Crippen LogP contribution in [0.5, 0.6) is 0 Å². The number of nitrogens with zero attached hydrogens (tertiary/aromatic N) is 1. The van der Waals surface area contributed by atoms with Gasteiger partial charge in [0.05, 0.1) is 18.0 Å². The Morgan fingerprint density at radius 1 is 1.30 bits per heavy atom. The second-order valence-electron chi connectivity index (χ2n) is 6.16. The summed E-state index contributed by atoms with van der Waals surface area (Å²) in [5.74, 6) is 1.03. The number of aliphatic hydroxyl groups is 1. The maximum Gasteiger partial charge on any atom is 0.123 e. The Bertz CT molecular complexity index is 387. The molecule has 3 rings (SSSR count). The number of aliphatic hydroxyl groups excluding tert-OH is 1. The number of methoxy groups -OCH3 is 1. The molecule has 0 radical (unpaired) electrons. The Hall–Kier alpha value is -0.840. The predicted molar refractivity (Wildman–Crippen MR) is 77.3 cm³/mol. The number of ether oxygens (including phenoxy) is 2. The molecule has 1 N–H and O–H groups in total. The van der Waals surface area contributed by atoms with Crippen LogP contribution in [0.15, 0.2) is 24.0 Å². The first-order valence-corrected chi connectivity index (χ1v) is 7.73. The molecular formula is C16H25NO3. The van der Waals surface area contributed by atoms with Gasteiger partial charge in [-0.2, -0.15) is 0 Å². The number of hydrogen-bond acceptors (Lipinski definition) is 4. The van der Waals surface area contributed by atoms with Crippen molar-refractivity contribution in [3.05, 3.63) is 24.0 Å². The summed E-state index contributed by atoms with van der Waals surface area (Å²) in [6, 6.07) is 0.561. The molecule has 4 heteroatoms. The molecule has 0 aromatic carbocycles. The normalized spacial score (nSPS) is 35.5. The number of hydrogen-bond donors (Lipinski definition) is 1. The van der Waals surface area contributed by atoms with Crippen LogP contribution in [0.4, 0.5) is 0 Å². The maximum absolute atomic E-state index is 9.74. The van der Waals surface area contributed by atoms with Crippen molar-refractivity contribution in [2.75, 3.05) is 20.2 Å². The summed E-state index contributed by atoms with van der Waals surface area (Å²) >= 11 is 0. The first-order valence-electron chi connectivity index (χ1n) is 7.73. The summed E-state index contributed by atoms with van der Waals surface area (Å²) in [6.45, 7) is 1.99. The van der Waals surface area contributed by atoms with Crippen molar-refractivity contribution in [1.29, 1.82) is 0 Å². The van der Waals surface area contributed by atoms with E-state index in [1.807, 2.05) is 12.2 Å². The highest BCUT2D eigenvalue weighted by molar-refractivity contribution is 5.17. The van der Waals surface area contributed by atoms with Crippen molar-refractivity contribution in [1.82, 2.24) is 4.90 Å². The van der Waals surface area contributed by atoms with Crippen LogP contribution in [-0.4, -0.2) is 54.6 Å². The minimum Gasteiger partial charge on any atom is -0.492 e. The van der Waals surface area contributed by atoms with Crippen LogP contribution >= 0.6 is 0 Å². The third-order valence-electron chi connectivity index (χ3n) is 4.64. The van der Waals surface area contributed by atoms with E-state index in [9.17, 15) is 5.11 Å². The quantitative estimate of drug-likeness (QED) is 0.853. The molecule has 1 aliphatic heterocycles. The zero-order valence-electron chi connectivity index (χ0n) is 12.2. The first kappa shape index (κ1) is 14.1. The molecule has 0 spiro atoms. The van der Waals surface area contributed by atoms with E-state index in [1.165, 1.54) is 6.42 Å². The van der Waals surface area contributed by atoms with Gasteiger partial charge in [-0.3, -0.25) is 4.90 Å². The molecular weight excluding hydrogens is 254 g/mol. The second-order valence-corrected chi connectivity index (χ2v) is 6.16. The van der Waals surface area contributed by atoms with E-state index in [0.717, 1.165) is 44.5 Å². The molecule has 0 aromatic rings. The molecule has 20 heavy (non-hydrogen) atoms. The van der Waals surface area contributed by atoms with Crippen molar-refractivity contribution >= 4 is 0 Å². The van der Waals surface area contributed by atoms with Gasteiger partial charge in [0, 0.05) is 32.7 Å². The molecule has 2 fully saturated rings. The zero-order valence-corrected chi connectivity index (χ0v) is 12.2. The van der Waals surface area contributed by atoms with Crippen LogP contribution in [-0.2, 0) is 9.47 Å². The molecule has 112 valence electrons. The molecule has 3 unspecified atom stereocenters. The first-order chi connectivity index (χ1) is 9.74. The Morgan fingerprint density at radius 3 is 2.90 bits per heavy atom. The Balaban J connectivity index is 1.42. The summed E-state index contributed by atoms with van der Waals surface area (Å²) in [7, 11) is 1.73. The molecule has 3 aliphatic rings. The zero-order chi connectivity index (χ0) is 13.9. The van der Waals surface area contributed by atoms with Gasteiger partial charge in [-0.25, -0.2) is 0 Å². The van der Waals surface area contributed by atoms with Crippen LogP contribution in [0.3, 0.4) is 0 Å². The van der Waals surface area contributed by atoms with Gasteiger partial charge in [0.2, 0.25) is 0 Å². The summed E-state index contributed by atoms with van der Waals surface area (Å²) in [6.07, 6.45) is 11.6. The predicted octanol–water partition coefficient (Wildman–Crippen LogP) is 1.85. The molecule has 4 nitrogen and oxygen atoms in total. The van der Waals surface area contributed by atoms with Crippen LogP contribution in [0.25, 0.3) is 0 Å². The largest absolute Gasteiger partial charge is 0.492 e. The number of rotatable bonds is 4. The lowest BCUT2D eigenvalue weighted by Crippen LogP contribution is -2.57. The Kier molecular flexibility index (Phi) is 4.44. The fraction of sp³-hybridized carbons (Fsp3) is 0.750. The van der Waals surface area contributed by atoms with E-state index < -0.39 is 0 Å². The van der Waals surface area contributed by atoms with Gasteiger partial charge >= 0.3 is 0 Å². The minimum atomic E-state index is -0.0950. The lowest BCUT2D eigenvalue weighted by Gasteiger charge is -2.46. The molecule has 1 saturated heterocycles. The SMILES string of the molecule is COC1C=CC=C(OC2CN(C3CCCC(O)C3)C2)C1. The second kappa shape index (κ2) is 6.29. The van der Waals surface area contributed by atoms with Crippen molar-refractivity contribution in [3.63, 3.8) is 0 Å². The maximum atomic E-state index is 9.74. The standard InChI is InChI=1S/C16H25NO3/c1-19-14-6-3-7-15(9-14)20-16-10-17(11-16)12-4-2-5-13(18)8-12/h3,6-7,12-14,16,18H,2,4-5,8-11H2,1H3. The topological polar surface area (TPSA) is 41.9 Å². The van der Waals surface area contributed by atoms with Crippen LogP contribution < -0.4 is 0 Å². The highest BCUT2D eigenvalue weighted by Crippen LogP contribution is 2.29. The lowest BCUT2D eigenvalue weighted by molar-refractivity contribution is -0.0666.